The van der Waals surface area contributed by atoms with E-state index in [4.69, 9.17) is 4.18 Å². The third-order valence-corrected chi connectivity index (χ3v) is 6.20. The molecule has 130 valence electrons. The zero-order valence-electron chi connectivity index (χ0n) is 13.9. The summed E-state index contributed by atoms with van der Waals surface area (Å²) in [5.74, 6) is 0.500. The van der Waals surface area contributed by atoms with E-state index in [1.165, 1.54) is 13.0 Å². The molecule has 0 spiro atoms. The lowest BCUT2D eigenvalue weighted by atomic mass is 10.0. The second kappa shape index (κ2) is 7.81. The van der Waals surface area contributed by atoms with Gasteiger partial charge in [0.2, 0.25) is 5.91 Å². The number of carbonyl (C=O) groups is 1. The van der Waals surface area contributed by atoms with E-state index in [1.807, 2.05) is 19.9 Å². The van der Waals surface area contributed by atoms with Crippen LogP contribution >= 0.6 is 11.3 Å². The second-order valence-corrected chi connectivity index (χ2v) is 8.66. The molecule has 0 aliphatic rings. The predicted molar refractivity (Wildman–Crippen MR) is 95.1 cm³/mol. The third-order valence-electron chi connectivity index (χ3n) is 3.36. The Balaban J connectivity index is 2.09. The molecule has 0 saturated carbocycles. The Morgan fingerprint density at radius 1 is 1.25 bits per heavy atom. The van der Waals surface area contributed by atoms with E-state index < -0.39 is 10.1 Å². The molecule has 0 aliphatic heterocycles. The predicted octanol–water partition coefficient (Wildman–Crippen LogP) is 3.32. The second-order valence-electron chi connectivity index (χ2n) is 5.72. The van der Waals surface area contributed by atoms with Gasteiger partial charge in [0.05, 0.1) is 0 Å². The highest BCUT2D eigenvalue weighted by molar-refractivity contribution is 7.89. The number of hydrogen-bond acceptors (Lipinski definition) is 5. The van der Waals surface area contributed by atoms with E-state index in [-0.39, 0.29) is 10.1 Å². The lowest BCUT2D eigenvalue weighted by Crippen LogP contribution is -2.22. The molecule has 5 nitrogen and oxygen atoms in total. The van der Waals surface area contributed by atoms with Gasteiger partial charge in [0.25, 0.3) is 0 Å². The van der Waals surface area contributed by atoms with Crippen molar-refractivity contribution in [1.82, 2.24) is 5.32 Å². The number of rotatable bonds is 7. The lowest BCUT2D eigenvalue weighted by Gasteiger charge is -2.09. The fraction of sp³-hybridized carbons (Fsp3) is 0.353. The molecule has 0 radical (unpaired) electrons. The van der Waals surface area contributed by atoms with Gasteiger partial charge in [-0.15, -0.1) is 11.3 Å². The zero-order chi connectivity index (χ0) is 17.7. The van der Waals surface area contributed by atoms with Crippen LogP contribution in [0.2, 0.25) is 0 Å². The summed E-state index contributed by atoms with van der Waals surface area (Å²) in [6, 6.07) is 10.4. The Labute approximate surface area is 146 Å². The van der Waals surface area contributed by atoms with Gasteiger partial charge in [-0.1, -0.05) is 26.0 Å². The summed E-state index contributed by atoms with van der Waals surface area (Å²) in [5, 5.41) is 2.69. The Bertz CT molecular complexity index is 810. The molecule has 24 heavy (non-hydrogen) atoms. The van der Waals surface area contributed by atoms with Crippen LogP contribution < -0.4 is 9.50 Å². The van der Waals surface area contributed by atoms with Gasteiger partial charge in [-0.3, -0.25) is 4.79 Å². The Morgan fingerprint density at radius 3 is 2.67 bits per heavy atom. The molecule has 0 saturated heterocycles. The summed E-state index contributed by atoms with van der Waals surface area (Å²) in [4.78, 5) is 11.7. The zero-order valence-corrected chi connectivity index (χ0v) is 15.5. The minimum Gasteiger partial charge on any atom is -0.378 e. The van der Waals surface area contributed by atoms with Crippen molar-refractivity contribution < 1.29 is 17.4 Å². The van der Waals surface area contributed by atoms with Crippen LogP contribution in [0.3, 0.4) is 0 Å². The summed E-state index contributed by atoms with van der Waals surface area (Å²) in [6.45, 7) is 6.00. The molecule has 1 aromatic carbocycles. The van der Waals surface area contributed by atoms with Crippen molar-refractivity contribution >= 4 is 27.4 Å². The monoisotopic (exact) mass is 367 g/mol. The van der Waals surface area contributed by atoms with Gasteiger partial charge >= 0.3 is 10.1 Å². The highest BCUT2D eigenvalue weighted by Gasteiger charge is 2.19. The average Bonchev–Trinajstić information content (AvgIpc) is 2.96. The van der Waals surface area contributed by atoms with E-state index >= 15 is 0 Å². The number of carbonyl (C=O) groups excluding carboxylic acids is 1. The van der Waals surface area contributed by atoms with Gasteiger partial charge in [-0.2, -0.15) is 8.42 Å². The molecule has 0 atom stereocenters. The molecule has 1 amide bonds. The Morgan fingerprint density at radius 2 is 2.00 bits per heavy atom. The van der Waals surface area contributed by atoms with Crippen LogP contribution in [0.15, 0.2) is 40.6 Å². The number of hydrogen-bond donors (Lipinski definition) is 1. The first kappa shape index (κ1) is 18.5. The normalized spacial score (nSPS) is 11.5. The van der Waals surface area contributed by atoms with Gasteiger partial charge in [-0.05, 0) is 42.2 Å². The molecule has 0 aliphatic carbocycles. The smallest absolute Gasteiger partial charge is 0.348 e. The average molecular weight is 367 g/mol. The van der Waals surface area contributed by atoms with Gasteiger partial charge in [0.15, 0.2) is 4.21 Å². The molecule has 2 aromatic rings. The van der Waals surface area contributed by atoms with E-state index in [1.54, 1.807) is 24.3 Å². The molecule has 7 heteroatoms. The first-order valence-electron chi connectivity index (χ1n) is 7.65. The van der Waals surface area contributed by atoms with Crippen LogP contribution in [-0.4, -0.2) is 20.9 Å². The molecular weight excluding hydrogens is 346 g/mol. The summed E-state index contributed by atoms with van der Waals surface area (Å²) in [6.07, 6.45) is 0.586. The van der Waals surface area contributed by atoms with Crippen LogP contribution in [0.4, 0.5) is 0 Å². The molecule has 0 unspecified atom stereocenters. The molecule has 2 rings (SSSR count). The van der Waals surface area contributed by atoms with Crippen molar-refractivity contribution in [2.24, 2.45) is 0 Å². The van der Waals surface area contributed by atoms with Crippen molar-refractivity contribution in [3.8, 4) is 5.75 Å². The highest BCUT2D eigenvalue weighted by atomic mass is 32.3. The van der Waals surface area contributed by atoms with Gasteiger partial charge in [0, 0.05) is 18.3 Å². The number of nitrogens with one attached hydrogen (secondary N) is 1. The number of thiophene rings is 1. The summed E-state index contributed by atoms with van der Waals surface area (Å²) < 4.78 is 30.2. The molecular formula is C17H21NO4S2. The Kier molecular flexibility index (Phi) is 6.01. The van der Waals surface area contributed by atoms with E-state index in [2.05, 4.69) is 5.32 Å². The van der Waals surface area contributed by atoms with Gasteiger partial charge < -0.3 is 9.50 Å². The van der Waals surface area contributed by atoms with E-state index in [0.717, 1.165) is 21.8 Å². The summed E-state index contributed by atoms with van der Waals surface area (Å²) >= 11 is 1.16. The lowest BCUT2D eigenvalue weighted by molar-refractivity contribution is -0.118. The third kappa shape index (κ3) is 5.07. The Hall–Kier alpha value is -1.86. The number of benzene rings is 1. The van der Waals surface area contributed by atoms with Crippen molar-refractivity contribution in [1.29, 1.82) is 0 Å². The standard InChI is InChI=1S/C17H21NO4S2/c1-12(2)14-5-4-6-15(11-14)22-24(20,21)17-8-7-16(23-17)9-10-18-13(3)19/h4-8,11-12H,9-10H2,1-3H3,(H,18,19). The molecule has 0 bridgehead atoms. The van der Waals surface area contributed by atoms with Crippen LogP contribution in [0.1, 0.15) is 37.1 Å². The minimum atomic E-state index is -3.85. The van der Waals surface area contributed by atoms with Crippen LogP contribution in [0.5, 0.6) is 5.75 Å². The topological polar surface area (TPSA) is 72.5 Å². The van der Waals surface area contributed by atoms with Crippen LogP contribution in [-0.2, 0) is 21.3 Å². The molecule has 1 N–H and O–H groups in total. The quantitative estimate of drug-likeness (QED) is 0.762. The van der Waals surface area contributed by atoms with E-state index in [0.29, 0.717) is 24.6 Å². The van der Waals surface area contributed by atoms with Crippen molar-refractivity contribution in [3.63, 3.8) is 0 Å². The van der Waals surface area contributed by atoms with Crippen molar-refractivity contribution in [2.45, 2.75) is 37.3 Å². The molecule has 0 fully saturated rings. The first-order valence-corrected chi connectivity index (χ1v) is 9.88. The van der Waals surface area contributed by atoms with Crippen LogP contribution in [0, 0.1) is 0 Å². The fourth-order valence-electron chi connectivity index (χ4n) is 2.08. The summed E-state index contributed by atoms with van der Waals surface area (Å²) in [5.41, 5.74) is 1.02. The molecule has 1 aromatic heterocycles. The maximum Gasteiger partial charge on any atom is 0.348 e. The molecule has 1 heterocycles. The highest BCUT2D eigenvalue weighted by Crippen LogP contribution is 2.27. The minimum absolute atomic E-state index is 0.104. The summed E-state index contributed by atoms with van der Waals surface area (Å²) in [7, 11) is -3.85. The number of amides is 1. The first-order chi connectivity index (χ1) is 11.3. The maximum atomic E-state index is 12.4. The van der Waals surface area contributed by atoms with Crippen molar-refractivity contribution in [2.75, 3.05) is 6.54 Å². The van der Waals surface area contributed by atoms with Gasteiger partial charge in [0.1, 0.15) is 5.75 Å². The largest absolute Gasteiger partial charge is 0.378 e. The van der Waals surface area contributed by atoms with Gasteiger partial charge in [-0.25, -0.2) is 0 Å². The van der Waals surface area contributed by atoms with E-state index in [9.17, 15) is 13.2 Å². The van der Waals surface area contributed by atoms with Crippen LogP contribution in [0.25, 0.3) is 0 Å². The maximum absolute atomic E-state index is 12.4. The van der Waals surface area contributed by atoms with Crippen molar-refractivity contribution in [3.05, 3.63) is 46.8 Å². The SMILES string of the molecule is CC(=O)NCCc1ccc(S(=O)(=O)Oc2cccc(C(C)C)c2)s1. The fourth-order valence-corrected chi connectivity index (χ4v) is 4.32.